The maximum atomic E-state index is 14.8. The first-order valence-electron chi connectivity index (χ1n) is 14.9. The van der Waals surface area contributed by atoms with Gasteiger partial charge in [0.25, 0.3) is 0 Å². The van der Waals surface area contributed by atoms with Crippen molar-refractivity contribution in [3.05, 3.63) is 143 Å². The van der Waals surface area contributed by atoms with Crippen LogP contribution in [0.25, 0.3) is 21.8 Å². The summed E-state index contributed by atoms with van der Waals surface area (Å²) in [4.78, 5) is 29.4. The molecule has 5 nitrogen and oxygen atoms in total. The molecule has 6 aromatic rings. The van der Waals surface area contributed by atoms with E-state index in [0.717, 1.165) is 49.6 Å². The van der Waals surface area contributed by atoms with Crippen molar-refractivity contribution in [2.45, 2.75) is 29.3 Å². The number of ketones is 2. The van der Waals surface area contributed by atoms with Gasteiger partial charge in [0, 0.05) is 71.6 Å². The molecule has 0 amide bonds. The van der Waals surface area contributed by atoms with Gasteiger partial charge in [-0.25, -0.2) is 0 Å². The lowest BCUT2D eigenvalue weighted by atomic mass is 9.37. The van der Waals surface area contributed by atoms with E-state index in [1.165, 1.54) is 0 Å². The molecule has 2 aromatic heterocycles. The quantitative estimate of drug-likeness (QED) is 0.254. The number of carbonyl (C=O) groups is 2. The third-order valence-corrected chi connectivity index (χ3v) is 10.9. The van der Waals surface area contributed by atoms with E-state index in [0.29, 0.717) is 5.56 Å². The zero-order valence-corrected chi connectivity index (χ0v) is 24.0. The molecule has 10 rings (SSSR count). The molecule has 1 fully saturated rings. The van der Waals surface area contributed by atoms with Crippen molar-refractivity contribution in [3.63, 3.8) is 0 Å². The Labute approximate surface area is 249 Å². The summed E-state index contributed by atoms with van der Waals surface area (Å²) in [6.45, 7) is 0. The molecular weight excluding hydrogens is 532 g/mol. The second-order valence-electron chi connectivity index (χ2n) is 12.6. The van der Waals surface area contributed by atoms with E-state index in [1.54, 1.807) is 0 Å². The Kier molecular flexibility index (Phi) is 4.74. The molecule has 2 bridgehead atoms. The van der Waals surface area contributed by atoms with E-state index in [2.05, 4.69) is 47.2 Å². The summed E-state index contributed by atoms with van der Waals surface area (Å²) < 4.78 is 4.06. The van der Waals surface area contributed by atoms with Crippen molar-refractivity contribution in [3.8, 4) is 0 Å². The number of rotatable bonds is 2. The van der Waals surface area contributed by atoms with Gasteiger partial charge in [-0.15, -0.1) is 0 Å². The molecule has 4 aliphatic carbocycles. The van der Waals surface area contributed by atoms with Gasteiger partial charge in [0.2, 0.25) is 0 Å². The second-order valence-corrected chi connectivity index (χ2v) is 12.6. The first-order valence-corrected chi connectivity index (χ1v) is 14.9. The maximum Gasteiger partial charge on any atom is 0.177 e. The van der Waals surface area contributed by atoms with Crippen LogP contribution in [0.15, 0.2) is 109 Å². The largest absolute Gasteiger partial charge is 0.376 e. The Bertz CT molecular complexity index is 2140. The highest BCUT2D eigenvalue weighted by atomic mass is 16.3. The molecule has 3 unspecified atom stereocenters. The Balaban J connectivity index is 1.53. The number of para-hydroxylation sites is 2. The average molecular weight is 563 g/mol. The first kappa shape index (κ1) is 24.8. The highest BCUT2D eigenvalue weighted by molar-refractivity contribution is 6.13. The maximum absolute atomic E-state index is 14.8. The van der Waals surface area contributed by atoms with Crippen molar-refractivity contribution in [1.29, 1.82) is 0 Å². The van der Waals surface area contributed by atoms with E-state index in [4.69, 9.17) is 0 Å². The van der Waals surface area contributed by atoms with Crippen LogP contribution >= 0.6 is 0 Å². The summed E-state index contributed by atoms with van der Waals surface area (Å²) in [6, 6.07) is 32.8. The van der Waals surface area contributed by atoms with E-state index in [9.17, 15) is 14.7 Å². The zero-order chi connectivity index (χ0) is 29.2. The van der Waals surface area contributed by atoms with Crippen LogP contribution in [0.5, 0.6) is 0 Å². The molecule has 0 aliphatic heterocycles. The lowest BCUT2D eigenvalue weighted by Gasteiger charge is -2.64. The van der Waals surface area contributed by atoms with Crippen LogP contribution in [0.2, 0.25) is 0 Å². The molecule has 0 saturated heterocycles. The van der Waals surface area contributed by atoms with Gasteiger partial charge >= 0.3 is 0 Å². The molecule has 1 saturated carbocycles. The van der Waals surface area contributed by atoms with Gasteiger partial charge in [-0.05, 0) is 39.9 Å². The Hall–Kier alpha value is -4.74. The number of aromatic nitrogens is 2. The topological polar surface area (TPSA) is 64.2 Å². The van der Waals surface area contributed by atoms with Crippen molar-refractivity contribution in [2.75, 3.05) is 0 Å². The van der Waals surface area contributed by atoms with Gasteiger partial charge in [0.15, 0.2) is 11.4 Å². The molecule has 0 radical (unpaired) electrons. The SMILES string of the molecule is Cn1cc(C2(O)C(=O)CC(=O)C3C4c5ccccc5C(c5ccccc54)C32c2cn(C)c3ccccc23)c2ccccc21. The third-order valence-electron chi connectivity index (χ3n) is 10.9. The molecule has 3 atom stereocenters. The Morgan fingerprint density at radius 2 is 1.12 bits per heavy atom. The molecule has 1 N–H and O–H groups in total. The Morgan fingerprint density at radius 3 is 1.70 bits per heavy atom. The van der Waals surface area contributed by atoms with Gasteiger partial charge in [-0.1, -0.05) is 84.9 Å². The summed E-state index contributed by atoms with van der Waals surface area (Å²) in [5.41, 5.74) is 4.48. The van der Waals surface area contributed by atoms with E-state index in [-0.39, 0.29) is 18.1 Å². The lowest BCUT2D eigenvalue weighted by Crippen LogP contribution is -2.70. The van der Waals surface area contributed by atoms with Crippen LogP contribution in [-0.2, 0) is 34.7 Å². The molecule has 4 aliphatic rings. The minimum Gasteiger partial charge on any atom is -0.376 e. The van der Waals surface area contributed by atoms with E-state index < -0.39 is 28.6 Å². The molecule has 5 heteroatoms. The fourth-order valence-electron chi connectivity index (χ4n) is 9.43. The fraction of sp³-hybridized carbons (Fsp3) is 0.211. The van der Waals surface area contributed by atoms with Gasteiger partial charge in [0.05, 0.1) is 11.8 Å². The number of Topliss-reactive ketones (excluding diaryl/α,β-unsaturated/α-hetero) is 2. The van der Waals surface area contributed by atoms with Crippen LogP contribution in [-0.4, -0.2) is 25.8 Å². The number of carbonyl (C=O) groups excluding carboxylic acids is 2. The van der Waals surface area contributed by atoms with Crippen LogP contribution in [0.1, 0.15) is 51.6 Å². The number of hydrogen-bond acceptors (Lipinski definition) is 3. The number of hydrogen-bond donors (Lipinski definition) is 1. The third kappa shape index (κ3) is 2.73. The van der Waals surface area contributed by atoms with Crippen molar-refractivity contribution in [2.24, 2.45) is 20.0 Å². The van der Waals surface area contributed by atoms with Crippen LogP contribution in [0, 0.1) is 5.92 Å². The second kappa shape index (κ2) is 8.21. The van der Waals surface area contributed by atoms with Gasteiger partial charge in [-0.2, -0.15) is 0 Å². The van der Waals surface area contributed by atoms with Crippen LogP contribution in [0.3, 0.4) is 0 Å². The standard InChI is InChI=1S/C38H30N2O3/c1-39-20-28(26-15-7-9-17-30(26)39)37-35-24-13-5-3-11-22(24)34(23-12-4-6-14-25(23)35)36(37)32(41)19-33(42)38(37,43)29-21-40(2)31-18-10-8-16-27(29)31/h3-18,20-21,34-36,43H,19H2,1-2H3. The summed E-state index contributed by atoms with van der Waals surface area (Å²) in [5.74, 6) is -1.89. The first-order chi connectivity index (χ1) is 20.9. The summed E-state index contributed by atoms with van der Waals surface area (Å²) in [5, 5.41) is 15.5. The zero-order valence-electron chi connectivity index (χ0n) is 24.0. The average Bonchev–Trinajstić information content (AvgIpc) is 3.56. The van der Waals surface area contributed by atoms with Crippen molar-refractivity contribution >= 4 is 33.4 Å². The van der Waals surface area contributed by atoms with Crippen LogP contribution in [0.4, 0.5) is 0 Å². The van der Waals surface area contributed by atoms with E-state index in [1.807, 2.05) is 85.5 Å². The minimum absolute atomic E-state index is 0.0955. The monoisotopic (exact) mass is 562 g/mol. The summed E-state index contributed by atoms with van der Waals surface area (Å²) >= 11 is 0. The highest BCUT2D eigenvalue weighted by Gasteiger charge is 2.75. The predicted molar refractivity (Wildman–Crippen MR) is 166 cm³/mol. The molecular formula is C38H30N2O3. The summed E-state index contributed by atoms with van der Waals surface area (Å²) in [6.07, 6.45) is 3.69. The number of aliphatic hydroxyl groups is 1. The lowest BCUT2D eigenvalue weighted by molar-refractivity contribution is -0.170. The summed E-state index contributed by atoms with van der Waals surface area (Å²) in [7, 11) is 3.96. The predicted octanol–water partition coefficient (Wildman–Crippen LogP) is 6.24. The number of aryl methyl sites for hydroxylation is 2. The molecule has 0 spiro atoms. The van der Waals surface area contributed by atoms with Crippen LogP contribution < -0.4 is 0 Å². The molecule has 4 aromatic carbocycles. The number of nitrogens with zero attached hydrogens (tertiary/aromatic N) is 2. The number of benzene rings is 4. The molecule has 2 heterocycles. The van der Waals surface area contributed by atoms with Gasteiger partial charge in [0.1, 0.15) is 5.78 Å². The normalized spacial score (nSPS) is 27.4. The fourth-order valence-corrected chi connectivity index (χ4v) is 9.43. The minimum atomic E-state index is -1.99. The van der Waals surface area contributed by atoms with Gasteiger partial charge < -0.3 is 14.2 Å². The molecule has 210 valence electrons. The Morgan fingerprint density at radius 1 is 0.651 bits per heavy atom. The number of fused-ring (bicyclic) bond motifs is 2. The van der Waals surface area contributed by atoms with E-state index >= 15 is 0 Å². The van der Waals surface area contributed by atoms with Crippen molar-refractivity contribution in [1.82, 2.24) is 9.13 Å². The smallest absolute Gasteiger partial charge is 0.177 e. The molecule has 43 heavy (non-hydrogen) atoms. The highest BCUT2D eigenvalue weighted by Crippen LogP contribution is 2.72. The van der Waals surface area contributed by atoms with Crippen molar-refractivity contribution < 1.29 is 14.7 Å². The van der Waals surface area contributed by atoms with Gasteiger partial charge in [-0.3, -0.25) is 9.59 Å².